The van der Waals surface area contributed by atoms with Gasteiger partial charge in [-0.3, -0.25) is 4.79 Å². The quantitative estimate of drug-likeness (QED) is 0.865. The van der Waals surface area contributed by atoms with Gasteiger partial charge in [0.05, 0.1) is 0 Å². The van der Waals surface area contributed by atoms with Crippen molar-refractivity contribution in [2.75, 3.05) is 0 Å². The van der Waals surface area contributed by atoms with Crippen LogP contribution in [-0.2, 0) is 0 Å². The molecule has 0 saturated carbocycles. The number of H-pyrrole nitrogens is 1. The molecule has 0 fully saturated rings. The van der Waals surface area contributed by atoms with Gasteiger partial charge >= 0.3 is 0 Å². The Morgan fingerprint density at radius 3 is 2.65 bits per heavy atom. The van der Waals surface area contributed by atoms with Crippen molar-refractivity contribution in [3.05, 3.63) is 35.0 Å². The molecule has 3 heteroatoms. The monoisotopic (exact) mass is 272 g/mol. The zero-order valence-electron chi connectivity index (χ0n) is 13.1. The second kappa shape index (κ2) is 5.31. The first-order chi connectivity index (χ1) is 9.34. The van der Waals surface area contributed by atoms with Gasteiger partial charge in [-0.1, -0.05) is 13.3 Å². The van der Waals surface area contributed by atoms with Gasteiger partial charge in [-0.25, -0.2) is 0 Å². The number of nitrogens with one attached hydrogen (secondary N) is 2. The van der Waals surface area contributed by atoms with E-state index in [1.54, 1.807) is 0 Å². The summed E-state index contributed by atoms with van der Waals surface area (Å²) in [6, 6.07) is 5.84. The van der Waals surface area contributed by atoms with Crippen LogP contribution in [0.5, 0.6) is 0 Å². The van der Waals surface area contributed by atoms with E-state index in [1.807, 2.05) is 18.2 Å². The van der Waals surface area contributed by atoms with Crippen molar-refractivity contribution in [2.24, 2.45) is 0 Å². The van der Waals surface area contributed by atoms with Crippen molar-refractivity contribution in [1.82, 2.24) is 10.3 Å². The number of hydrogen-bond donors (Lipinski definition) is 2. The fourth-order valence-electron chi connectivity index (χ4n) is 2.67. The maximum Gasteiger partial charge on any atom is 0.251 e. The van der Waals surface area contributed by atoms with Gasteiger partial charge in [0, 0.05) is 27.7 Å². The van der Waals surface area contributed by atoms with Crippen molar-refractivity contribution in [2.45, 2.75) is 53.0 Å². The molecule has 0 aliphatic carbocycles. The molecule has 1 aromatic carbocycles. The van der Waals surface area contributed by atoms with Crippen LogP contribution in [0.25, 0.3) is 10.9 Å². The highest BCUT2D eigenvalue weighted by Crippen LogP contribution is 2.23. The lowest BCUT2D eigenvalue weighted by atomic mass is 9.98. The van der Waals surface area contributed by atoms with E-state index in [0.29, 0.717) is 0 Å². The van der Waals surface area contributed by atoms with Gasteiger partial charge in [-0.2, -0.15) is 0 Å². The smallest absolute Gasteiger partial charge is 0.251 e. The van der Waals surface area contributed by atoms with E-state index in [4.69, 9.17) is 0 Å². The molecule has 0 aliphatic rings. The van der Waals surface area contributed by atoms with E-state index in [9.17, 15) is 4.79 Å². The Morgan fingerprint density at radius 1 is 1.30 bits per heavy atom. The number of carbonyl (C=O) groups excluding carboxylic acids is 1. The van der Waals surface area contributed by atoms with Crippen LogP contribution in [0.1, 0.15) is 55.2 Å². The lowest BCUT2D eigenvalue weighted by Gasteiger charge is -2.25. The van der Waals surface area contributed by atoms with Crippen LogP contribution in [0.3, 0.4) is 0 Å². The summed E-state index contributed by atoms with van der Waals surface area (Å²) >= 11 is 0. The molecule has 0 spiro atoms. The second-order valence-corrected chi connectivity index (χ2v) is 6.22. The van der Waals surface area contributed by atoms with E-state index >= 15 is 0 Å². The summed E-state index contributed by atoms with van der Waals surface area (Å²) in [6.07, 6.45) is 2.03. The number of aromatic nitrogens is 1. The van der Waals surface area contributed by atoms with E-state index < -0.39 is 0 Å². The fourth-order valence-corrected chi connectivity index (χ4v) is 2.67. The molecule has 0 bridgehead atoms. The summed E-state index contributed by atoms with van der Waals surface area (Å²) in [6.45, 7) is 10.4. The third-order valence-electron chi connectivity index (χ3n) is 3.90. The van der Waals surface area contributed by atoms with Gasteiger partial charge in [0.25, 0.3) is 5.91 Å². The Hall–Kier alpha value is -1.77. The summed E-state index contributed by atoms with van der Waals surface area (Å²) in [5.74, 6) is 0.00334. The van der Waals surface area contributed by atoms with Crippen LogP contribution in [0.15, 0.2) is 18.2 Å². The Labute approximate surface area is 120 Å². The van der Waals surface area contributed by atoms with Crippen LogP contribution in [-0.4, -0.2) is 16.4 Å². The van der Waals surface area contributed by atoms with E-state index in [0.717, 1.165) is 35.0 Å². The van der Waals surface area contributed by atoms with E-state index in [-0.39, 0.29) is 11.4 Å². The third kappa shape index (κ3) is 2.87. The van der Waals surface area contributed by atoms with Crippen LogP contribution < -0.4 is 5.32 Å². The number of hydrogen-bond acceptors (Lipinski definition) is 1. The number of benzene rings is 1. The lowest BCUT2D eigenvalue weighted by Crippen LogP contribution is -2.43. The van der Waals surface area contributed by atoms with Crippen molar-refractivity contribution < 1.29 is 4.79 Å². The van der Waals surface area contributed by atoms with Crippen molar-refractivity contribution in [3.8, 4) is 0 Å². The first-order valence-electron chi connectivity index (χ1n) is 7.25. The van der Waals surface area contributed by atoms with Crippen LogP contribution >= 0.6 is 0 Å². The van der Waals surface area contributed by atoms with Crippen molar-refractivity contribution in [1.29, 1.82) is 0 Å². The van der Waals surface area contributed by atoms with Gasteiger partial charge in [0.2, 0.25) is 0 Å². The number of fused-ring (bicyclic) bond motifs is 1. The molecule has 108 valence electrons. The average molecular weight is 272 g/mol. The van der Waals surface area contributed by atoms with Gasteiger partial charge in [0.1, 0.15) is 0 Å². The molecule has 0 aliphatic heterocycles. The molecule has 0 radical (unpaired) electrons. The number of carbonyl (C=O) groups is 1. The number of aryl methyl sites for hydroxylation is 2. The zero-order chi connectivity index (χ0) is 14.9. The third-order valence-corrected chi connectivity index (χ3v) is 3.90. The zero-order valence-corrected chi connectivity index (χ0v) is 13.1. The predicted octanol–water partition coefficient (Wildman–Crippen LogP) is 4.09. The lowest BCUT2D eigenvalue weighted by molar-refractivity contribution is 0.0909. The van der Waals surface area contributed by atoms with E-state index in [2.05, 4.69) is 44.9 Å². The highest BCUT2D eigenvalue weighted by Gasteiger charge is 2.20. The summed E-state index contributed by atoms with van der Waals surface area (Å²) in [5, 5.41) is 4.24. The molecule has 2 N–H and O–H groups in total. The average Bonchev–Trinajstić information content (AvgIpc) is 2.64. The van der Waals surface area contributed by atoms with Crippen LogP contribution in [0.2, 0.25) is 0 Å². The Kier molecular flexibility index (Phi) is 3.89. The van der Waals surface area contributed by atoms with Crippen LogP contribution in [0, 0.1) is 13.8 Å². The first kappa shape index (κ1) is 14.6. The minimum absolute atomic E-state index is 0.00334. The molecular weight excluding hydrogens is 248 g/mol. The summed E-state index contributed by atoms with van der Waals surface area (Å²) in [4.78, 5) is 15.7. The fraction of sp³-hybridized carbons (Fsp3) is 0.471. The number of amides is 1. The van der Waals surface area contributed by atoms with Gasteiger partial charge in [0.15, 0.2) is 0 Å². The molecule has 2 aromatic rings. The molecule has 1 aromatic heterocycles. The van der Waals surface area contributed by atoms with Gasteiger partial charge in [-0.05, 0) is 57.9 Å². The molecule has 1 heterocycles. The van der Waals surface area contributed by atoms with E-state index in [1.165, 1.54) is 5.56 Å². The van der Waals surface area contributed by atoms with Gasteiger partial charge in [-0.15, -0.1) is 0 Å². The standard InChI is InChI=1S/C17H24N2O/c1-6-9-17(4,5)19-16(20)13-7-8-15-14(10-13)11(2)12(3)18-15/h7-8,10,18H,6,9H2,1-5H3,(H,19,20). The molecule has 0 saturated heterocycles. The highest BCUT2D eigenvalue weighted by atomic mass is 16.1. The highest BCUT2D eigenvalue weighted by molar-refractivity contribution is 5.99. The molecule has 0 atom stereocenters. The Balaban J connectivity index is 2.29. The predicted molar refractivity (Wildman–Crippen MR) is 84.2 cm³/mol. The van der Waals surface area contributed by atoms with Gasteiger partial charge < -0.3 is 10.3 Å². The summed E-state index contributed by atoms with van der Waals surface area (Å²) in [7, 11) is 0. The maximum absolute atomic E-state index is 12.4. The largest absolute Gasteiger partial charge is 0.358 e. The SMILES string of the molecule is CCCC(C)(C)NC(=O)c1ccc2[nH]c(C)c(C)c2c1. The molecule has 3 nitrogen and oxygen atoms in total. The number of rotatable bonds is 4. The summed E-state index contributed by atoms with van der Waals surface area (Å²) in [5.41, 5.74) is 4.02. The molecule has 20 heavy (non-hydrogen) atoms. The minimum atomic E-state index is -0.163. The molecule has 1 amide bonds. The second-order valence-electron chi connectivity index (χ2n) is 6.22. The van der Waals surface area contributed by atoms with Crippen molar-refractivity contribution in [3.63, 3.8) is 0 Å². The molecule has 2 rings (SSSR count). The van der Waals surface area contributed by atoms with Crippen LogP contribution in [0.4, 0.5) is 0 Å². The normalized spacial score (nSPS) is 11.8. The van der Waals surface area contributed by atoms with Crippen molar-refractivity contribution >= 4 is 16.8 Å². The summed E-state index contributed by atoms with van der Waals surface area (Å²) < 4.78 is 0. The minimum Gasteiger partial charge on any atom is -0.358 e. The first-order valence-corrected chi connectivity index (χ1v) is 7.25. The maximum atomic E-state index is 12.4. The molecule has 0 unspecified atom stereocenters. The topological polar surface area (TPSA) is 44.9 Å². The number of aromatic amines is 1. The Morgan fingerprint density at radius 2 is 2.00 bits per heavy atom. The molecular formula is C17H24N2O. The Bertz CT molecular complexity index is 638.